The van der Waals surface area contributed by atoms with Gasteiger partial charge in [0.1, 0.15) is 17.0 Å². The third-order valence-corrected chi connectivity index (χ3v) is 9.22. The van der Waals surface area contributed by atoms with Crippen molar-refractivity contribution in [1.82, 2.24) is 29.5 Å². The monoisotopic (exact) mass is 699 g/mol. The van der Waals surface area contributed by atoms with Crippen molar-refractivity contribution in [2.24, 2.45) is 0 Å². The zero-order chi connectivity index (χ0) is 36.4. The summed E-state index contributed by atoms with van der Waals surface area (Å²) >= 11 is 0. The summed E-state index contributed by atoms with van der Waals surface area (Å²) in [5.74, 6) is -0.213. The topological polar surface area (TPSA) is 116 Å². The number of aryl methyl sites for hydroxylation is 1. The second-order valence-electron chi connectivity index (χ2n) is 14.1. The predicted octanol–water partition coefficient (Wildman–Crippen LogP) is 5.64. The molecule has 6 rings (SSSR count). The van der Waals surface area contributed by atoms with E-state index in [1.54, 1.807) is 54.0 Å². The van der Waals surface area contributed by atoms with Gasteiger partial charge in [-0.15, -0.1) is 0 Å². The molecule has 1 N–H and O–H groups in total. The van der Waals surface area contributed by atoms with Gasteiger partial charge in [0.2, 0.25) is 5.91 Å². The smallest absolute Gasteiger partial charge is 0.410 e. The first kappa shape index (κ1) is 35.5. The molecule has 2 aliphatic heterocycles. The Bertz CT molecular complexity index is 1950. The van der Waals surface area contributed by atoms with Crippen molar-refractivity contribution >= 4 is 40.1 Å². The molecule has 0 spiro atoms. The van der Waals surface area contributed by atoms with Crippen molar-refractivity contribution in [2.75, 3.05) is 65.4 Å². The summed E-state index contributed by atoms with van der Waals surface area (Å²) in [5.41, 5.74) is 3.31. The lowest BCUT2D eigenvalue weighted by Gasteiger charge is -2.37. The van der Waals surface area contributed by atoms with E-state index in [1.807, 2.05) is 57.3 Å². The number of piperazine rings is 1. The summed E-state index contributed by atoms with van der Waals surface area (Å²) in [7, 11) is 4.89. The molecule has 0 bridgehead atoms. The molecule has 1 saturated heterocycles. The highest BCUT2D eigenvalue weighted by molar-refractivity contribution is 6.05. The fourth-order valence-electron chi connectivity index (χ4n) is 6.60. The Balaban J connectivity index is 1.32. The lowest BCUT2D eigenvalue weighted by Crippen LogP contribution is -2.50. The van der Waals surface area contributed by atoms with Gasteiger partial charge in [0.05, 0.1) is 12.6 Å². The van der Waals surface area contributed by atoms with Crippen LogP contribution in [0.2, 0.25) is 0 Å². The zero-order valence-electron chi connectivity index (χ0n) is 30.2. The van der Waals surface area contributed by atoms with E-state index in [9.17, 15) is 14.4 Å². The van der Waals surface area contributed by atoms with Crippen molar-refractivity contribution in [3.8, 4) is 16.9 Å². The third-order valence-electron chi connectivity index (χ3n) is 9.22. The summed E-state index contributed by atoms with van der Waals surface area (Å²) in [4.78, 5) is 49.1. The molecule has 13 heteroatoms. The summed E-state index contributed by atoms with van der Waals surface area (Å²) in [5, 5.41) is 4.73. The van der Waals surface area contributed by atoms with Crippen LogP contribution in [0.1, 0.15) is 49.7 Å². The van der Waals surface area contributed by atoms with E-state index in [0.717, 1.165) is 11.3 Å². The molecule has 51 heavy (non-hydrogen) atoms. The molecule has 0 radical (unpaired) electrons. The van der Waals surface area contributed by atoms with Gasteiger partial charge in [-0.1, -0.05) is 6.08 Å². The van der Waals surface area contributed by atoms with E-state index in [0.29, 0.717) is 73.5 Å². The third kappa shape index (κ3) is 7.72. The molecule has 270 valence electrons. The Morgan fingerprint density at radius 3 is 2.41 bits per heavy atom. The maximum atomic E-state index is 16.6. The average molecular weight is 700 g/mol. The average Bonchev–Trinajstić information content (AvgIpc) is 3.81. The lowest BCUT2D eigenvalue weighted by molar-refractivity contribution is -0.131. The quantitative estimate of drug-likeness (QED) is 0.253. The zero-order valence-corrected chi connectivity index (χ0v) is 30.2. The highest BCUT2D eigenvalue weighted by Crippen LogP contribution is 2.41. The van der Waals surface area contributed by atoms with Crippen LogP contribution in [0.5, 0.6) is 5.75 Å². The summed E-state index contributed by atoms with van der Waals surface area (Å²) < 4.78 is 29.8. The second-order valence-corrected chi connectivity index (χ2v) is 14.1. The highest BCUT2D eigenvalue weighted by Gasteiger charge is 2.28. The molecule has 2 aliphatic rings. The number of aromatic amines is 1. The first-order valence-electron chi connectivity index (χ1n) is 17.3. The lowest BCUT2D eigenvalue weighted by atomic mass is 9.92. The molecule has 2 aromatic heterocycles. The van der Waals surface area contributed by atoms with E-state index in [1.165, 1.54) is 4.90 Å². The number of hydrogen-bond donors (Lipinski definition) is 1. The number of hydrogen-bond acceptors (Lipinski definition) is 7. The van der Waals surface area contributed by atoms with Crippen LogP contribution in [0.3, 0.4) is 0 Å². The van der Waals surface area contributed by atoms with Crippen molar-refractivity contribution < 1.29 is 28.2 Å². The fraction of sp³-hybridized carbons (Fsp3) is 0.421. The van der Waals surface area contributed by atoms with E-state index in [-0.39, 0.29) is 42.1 Å². The Morgan fingerprint density at radius 2 is 1.75 bits per heavy atom. The van der Waals surface area contributed by atoms with Gasteiger partial charge in [-0.05, 0) is 68.7 Å². The predicted molar refractivity (Wildman–Crippen MR) is 194 cm³/mol. The van der Waals surface area contributed by atoms with Crippen molar-refractivity contribution in [3.05, 3.63) is 71.9 Å². The van der Waals surface area contributed by atoms with Crippen LogP contribution in [0.4, 0.5) is 14.9 Å². The molecular formula is C38H46FN7O5. The van der Waals surface area contributed by atoms with E-state index >= 15 is 4.39 Å². The first-order valence-corrected chi connectivity index (χ1v) is 17.3. The van der Waals surface area contributed by atoms with Gasteiger partial charge in [-0.2, -0.15) is 5.10 Å². The number of fused-ring (bicyclic) bond motifs is 1. The number of carbonyl (C=O) groups is 3. The number of nitrogens with one attached hydrogen (secondary N) is 1. The van der Waals surface area contributed by atoms with Crippen LogP contribution in [0.15, 0.2) is 54.9 Å². The van der Waals surface area contributed by atoms with Crippen molar-refractivity contribution in [2.45, 2.75) is 45.8 Å². The van der Waals surface area contributed by atoms with Gasteiger partial charge >= 0.3 is 6.09 Å². The minimum Gasteiger partial charge on any atom is -0.496 e. The van der Waals surface area contributed by atoms with E-state index in [2.05, 4.69) is 15.0 Å². The minimum absolute atomic E-state index is 0.0271. The SMILES string of the molecule is COc1cc(N2CCN(C(=O)OC(C)(C)C)CC2)ccc1-c1cc(C2=CCCN(C(=O)CCn3cccn3)C2)c(F)c2[nH]c(C(=O)N(C)C)cc12. The number of ether oxygens (including phenoxy) is 2. The van der Waals surface area contributed by atoms with Gasteiger partial charge in [0, 0.05) is 107 Å². The molecule has 1 fully saturated rings. The second kappa shape index (κ2) is 14.5. The van der Waals surface area contributed by atoms with Crippen molar-refractivity contribution in [1.29, 1.82) is 0 Å². The minimum atomic E-state index is -0.561. The van der Waals surface area contributed by atoms with Gasteiger partial charge < -0.3 is 34.1 Å². The normalized spacial score (nSPS) is 15.2. The standard InChI is InChI=1S/C38H46FN7O5/c1-38(2,3)51-37(49)44-19-17-43(18-20-44)26-10-11-27(32(21-26)50-6)29-22-28(34(39)35-30(29)23-31(41-35)36(48)42(4)5)25-9-7-14-45(24-25)33(47)12-16-46-15-8-13-40-46/h8-11,13,15,21-23,41H,7,12,14,16-20,24H2,1-6H3. The van der Waals surface area contributed by atoms with Gasteiger partial charge in [-0.25, -0.2) is 9.18 Å². The van der Waals surface area contributed by atoms with Crippen LogP contribution in [0.25, 0.3) is 27.6 Å². The van der Waals surface area contributed by atoms with Crippen LogP contribution in [0, 0.1) is 5.82 Å². The van der Waals surface area contributed by atoms with Crippen LogP contribution < -0.4 is 9.64 Å². The number of aromatic nitrogens is 3. The van der Waals surface area contributed by atoms with Gasteiger partial charge in [0.25, 0.3) is 5.91 Å². The molecule has 3 amide bonds. The number of H-pyrrole nitrogens is 1. The molecule has 2 aromatic carbocycles. The summed E-state index contributed by atoms with van der Waals surface area (Å²) in [6, 6.07) is 11.2. The number of rotatable bonds is 8. The number of halogens is 1. The number of methoxy groups -OCH3 is 1. The molecule has 4 aromatic rings. The Hall–Kier alpha value is -5.33. The number of amides is 3. The number of carbonyl (C=O) groups excluding carboxylic acids is 3. The maximum Gasteiger partial charge on any atom is 0.410 e. The number of nitrogens with zero attached hydrogens (tertiary/aromatic N) is 6. The first-order chi connectivity index (χ1) is 24.3. The maximum absolute atomic E-state index is 16.6. The molecular weight excluding hydrogens is 653 g/mol. The highest BCUT2D eigenvalue weighted by atomic mass is 19.1. The Labute approximate surface area is 297 Å². The molecule has 0 unspecified atom stereocenters. The summed E-state index contributed by atoms with van der Waals surface area (Å²) in [6.45, 7) is 9.11. The van der Waals surface area contributed by atoms with Crippen LogP contribution in [-0.2, 0) is 16.1 Å². The van der Waals surface area contributed by atoms with Crippen LogP contribution in [-0.4, -0.2) is 113 Å². The fourth-order valence-corrected chi connectivity index (χ4v) is 6.60. The number of benzene rings is 2. The van der Waals surface area contributed by atoms with Gasteiger partial charge in [-0.3, -0.25) is 14.3 Å². The van der Waals surface area contributed by atoms with Gasteiger partial charge in [0.15, 0.2) is 5.82 Å². The Kier molecular flexibility index (Phi) is 10.1. The molecule has 0 saturated carbocycles. The van der Waals surface area contributed by atoms with E-state index in [4.69, 9.17) is 9.47 Å². The summed E-state index contributed by atoms with van der Waals surface area (Å²) in [6.07, 6.45) is 6.04. The van der Waals surface area contributed by atoms with Crippen molar-refractivity contribution in [3.63, 3.8) is 0 Å². The Morgan fingerprint density at radius 1 is 0.980 bits per heavy atom. The van der Waals surface area contributed by atoms with Crippen LogP contribution >= 0.6 is 0 Å². The molecule has 4 heterocycles. The molecule has 0 aliphatic carbocycles. The largest absolute Gasteiger partial charge is 0.496 e. The number of anilines is 1. The molecule has 12 nitrogen and oxygen atoms in total. The van der Waals surface area contributed by atoms with E-state index < -0.39 is 11.4 Å². The molecule has 0 atom stereocenters.